The molecule has 0 aromatic carbocycles. The molecule has 11 heavy (non-hydrogen) atoms. The van der Waals surface area contributed by atoms with E-state index in [1.165, 1.54) is 6.20 Å². The zero-order valence-electron chi connectivity index (χ0n) is 5.82. The molecule has 0 fully saturated rings. The lowest BCUT2D eigenvalue weighted by atomic mass is 10.2. The van der Waals surface area contributed by atoms with Gasteiger partial charge in [0.15, 0.2) is 0 Å². The molecule has 1 heterocycles. The van der Waals surface area contributed by atoms with Crippen molar-refractivity contribution in [3.8, 4) is 6.07 Å². The van der Waals surface area contributed by atoms with Gasteiger partial charge < -0.3 is 4.79 Å². The molecule has 0 aliphatic carbocycles. The molecule has 0 N–H and O–H groups in total. The van der Waals surface area contributed by atoms with Crippen LogP contribution >= 0.6 is 0 Å². The number of carbonyl (C=O) groups is 1. The summed E-state index contributed by atoms with van der Waals surface area (Å²) in [4.78, 5) is 13.8. The summed E-state index contributed by atoms with van der Waals surface area (Å²) in [6, 6.07) is 5.22. The number of carbonyl (C=O) groups excluding carboxylic acids is 1. The van der Waals surface area contributed by atoms with E-state index in [1.54, 1.807) is 12.1 Å². The smallest absolute Gasteiger partial charge is 0.140 e. The maximum atomic E-state index is 10.1. The molecular weight excluding hydrogens is 140 g/mol. The highest BCUT2D eigenvalue weighted by molar-refractivity contribution is 5.55. The summed E-state index contributed by atoms with van der Waals surface area (Å²) in [7, 11) is 0. The molecule has 0 bridgehead atoms. The Morgan fingerprint density at radius 1 is 1.73 bits per heavy atom. The number of aromatic nitrogens is 1. The third kappa shape index (κ3) is 1.87. The van der Waals surface area contributed by atoms with E-state index in [2.05, 4.69) is 4.98 Å². The Hall–Kier alpha value is -1.69. The Bertz CT molecular complexity index is 301. The van der Waals surface area contributed by atoms with Gasteiger partial charge in [-0.2, -0.15) is 5.26 Å². The number of rotatable bonds is 2. The van der Waals surface area contributed by atoms with E-state index in [0.29, 0.717) is 12.1 Å². The highest BCUT2D eigenvalue weighted by atomic mass is 16.1. The molecule has 0 unspecified atom stereocenters. The number of nitrogens with zero attached hydrogens (tertiary/aromatic N) is 2. The molecule has 0 saturated heterocycles. The van der Waals surface area contributed by atoms with E-state index in [4.69, 9.17) is 5.26 Å². The minimum atomic E-state index is 0.344. The van der Waals surface area contributed by atoms with Crippen molar-refractivity contribution in [1.82, 2.24) is 4.98 Å². The Morgan fingerprint density at radius 3 is 3.18 bits per heavy atom. The molecule has 0 aliphatic rings. The van der Waals surface area contributed by atoms with Crippen molar-refractivity contribution in [1.29, 1.82) is 5.26 Å². The minimum Gasteiger partial charge on any atom is -0.303 e. The lowest BCUT2D eigenvalue weighted by Crippen LogP contribution is -1.88. The van der Waals surface area contributed by atoms with Crippen LogP contribution in [0.1, 0.15) is 11.3 Å². The summed E-state index contributed by atoms with van der Waals surface area (Å²) in [5, 5.41) is 8.43. The fraction of sp³-hybridized carbons (Fsp3) is 0.125. The van der Waals surface area contributed by atoms with Crippen LogP contribution in [0.2, 0.25) is 0 Å². The van der Waals surface area contributed by atoms with E-state index < -0.39 is 0 Å². The second-order valence-electron chi connectivity index (χ2n) is 2.03. The van der Waals surface area contributed by atoms with Crippen molar-refractivity contribution in [2.45, 2.75) is 6.42 Å². The first-order valence-corrected chi connectivity index (χ1v) is 3.15. The van der Waals surface area contributed by atoms with Crippen LogP contribution < -0.4 is 0 Å². The van der Waals surface area contributed by atoms with Crippen LogP contribution in [-0.2, 0) is 11.2 Å². The van der Waals surface area contributed by atoms with Crippen LogP contribution in [0.25, 0.3) is 0 Å². The van der Waals surface area contributed by atoms with Crippen LogP contribution in [0.5, 0.6) is 0 Å². The molecule has 0 amide bonds. The second kappa shape index (κ2) is 3.47. The highest BCUT2D eigenvalue weighted by Gasteiger charge is 1.93. The summed E-state index contributed by atoms with van der Waals surface area (Å²) in [5.41, 5.74) is 1.18. The maximum Gasteiger partial charge on any atom is 0.140 e. The molecule has 0 atom stereocenters. The molecular formula is C8H6N2O. The van der Waals surface area contributed by atoms with Gasteiger partial charge in [-0.05, 0) is 17.7 Å². The average Bonchev–Trinajstić information content (AvgIpc) is 2.06. The summed E-state index contributed by atoms with van der Waals surface area (Å²) in [5.74, 6) is 0. The normalized spacial score (nSPS) is 8.64. The van der Waals surface area contributed by atoms with Gasteiger partial charge in [-0.3, -0.25) is 0 Å². The number of hydrogen-bond donors (Lipinski definition) is 0. The Morgan fingerprint density at radius 2 is 2.55 bits per heavy atom. The van der Waals surface area contributed by atoms with Gasteiger partial charge in [0, 0.05) is 12.6 Å². The van der Waals surface area contributed by atoms with Crippen LogP contribution in [-0.4, -0.2) is 11.3 Å². The van der Waals surface area contributed by atoms with E-state index in [9.17, 15) is 4.79 Å². The fourth-order valence-corrected chi connectivity index (χ4v) is 0.759. The zero-order valence-corrected chi connectivity index (χ0v) is 5.82. The highest BCUT2D eigenvalue weighted by Crippen LogP contribution is 1.99. The SMILES string of the molecule is N#Cc1cc(CC=O)ccn1. The average molecular weight is 146 g/mol. The van der Waals surface area contributed by atoms with Gasteiger partial charge in [0.1, 0.15) is 18.0 Å². The summed E-state index contributed by atoms with van der Waals surface area (Å²) in [6.07, 6.45) is 2.67. The third-order valence-electron chi connectivity index (χ3n) is 1.26. The molecule has 1 aromatic rings. The molecule has 0 spiro atoms. The van der Waals surface area contributed by atoms with E-state index in [1.807, 2.05) is 6.07 Å². The molecule has 0 saturated carbocycles. The summed E-state index contributed by atoms with van der Waals surface area (Å²) in [6.45, 7) is 0. The Kier molecular flexibility index (Phi) is 2.34. The van der Waals surface area contributed by atoms with E-state index in [0.717, 1.165) is 11.8 Å². The number of aldehydes is 1. The van der Waals surface area contributed by atoms with Gasteiger partial charge >= 0.3 is 0 Å². The van der Waals surface area contributed by atoms with Gasteiger partial charge in [0.05, 0.1) is 0 Å². The minimum absolute atomic E-state index is 0.344. The monoisotopic (exact) mass is 146 g/mol. The van der Waals surface area contributed by atoms with Crippen molar-refractivity contribution >= 4 is 6.29 Å². The quantitative estimate of drug-likeness (QED) is 0.577. The van der Waals surface area contributed by atoms with Gasteiger partial charge in [0.2, 0.25) is 0 Å². The van der Waals surface area contributed by atoms with Crippen LogP contribution in [0.3, 0.4) is 0 Å². The Balaban J connectivity index is 2.93. The van der Waals surface area contributed by atoms with Crippen LogP contribution in [0.4, 0.5) is 0 Å². The van der Waals surface area contributed by atoms with Crippen molar-refractivity contribution < 1.29 is 4.79 Å². The summed E-state index contributed by atoms with van der Waals surface area (Å²) < 4.78 is 0. The number of nitriles is 1. The third-order valence-corrected chi connectivity index (χ3v) is 1.26. The number of hydrogen-bond acceptors (Lipinski definition) is 3. The van der Waals surface area contributed by atoms with Crippen molar-refractivity contribution in [3.05, 3.63) is 29.6 Å². The Labute approximate surface area is 64.3 Å². The molecule has 0 aliphatic heterocycles. The first-order valence-electron chi connectivity index (χ1n) is 3.15. The van der Waals surface area contributed by atoms with Gasteiger partial charge in [-0.25, -0.2) is 4.98 Å². The van der Waals surface area contributed by atoms with Gasteiger partial charge in [-0.15, -0.1) is 0 Å². The lowest BCUT2D eigenvalue weighted by Gasteiger charge is -1.92. The first-order chi connectivity index (χ1) is 5.36. The molecule has 1 aromatic heterocycles. The topological polar surface area (TPSA) is 53.8 Å². The molecule has 54 valence electrons. The molecule has 3 nitrogen and oxygen atoms in total. The largest absolute Gasteiger partial charge is 0.303 e. The maximum absolute atomic E-state index is 10.1. The predicted molar refractivity (Wildman–Crippen MR) is 38.7 cm³/mol. The van der Waals surface area contributed by atoms with Crippen LogP contribution in [0, 0.1) is 11.3 Å². The lowest BCUT2D eigenvalue weighted by molar-refractivity contribution is -0.107. The van der Waals surface area contributed by atoms with E-state index >= 15 is 0 Å². The first kappa shape index (κ1) is 7.42. The van der Waals surface area contributed by atoms with Crippen molar-refractivity contribution in [3.63, 3.8) is 0 Å². The molecule has 3 heteroatoms. The zero-order chi connectivity index (χ0) is 8.10. The number of pyridine rings is 1. The van der Waals surface area contributed by atoms with Gasteiger partial charge in [0.25, 0.3) is 0 Å². The fourth-order valence-electron chi connectivity index (χ4n) is 0.759. The second-order valence-corrected chi connectivity index (χ2v) is 2.03. The van der Waals surface area contributed by atoms with Gasteiger partial charge in [-0.1, -0.05) is 0 Å². The summed E-state index contributed by atoms with van der Waals surface area (Å²) >= 11 is 0. The standard InChI is InChI=1S/C8H6N2O/c9-6-8-5-7(2-4-11)1-3-10-8/h1,3-5H,2H2. The van der Waals surface area contributed by atoms with E-state index in [-0.39, 0.29) is 0 Å². The predicted octanol–water partition coefficient (Wildman–Crippen LogP) is 0.695. The van der Waals surface area contributed by atoms with Crippen molar-refractivity contribution in [2.24, 2.45) is 0 Å². The molecule has 1 rings (SSSR count). The molecule has 0 radical (unpaired) electrons. The van der Waals surface area contributed by atoms with Crippen LogP contribution in [0.15, 0.2) is 18.3 Å². The van der Waals surface area contributed by atoms with Crippen molar-refractivity contribution in [2.75, 3.05) is 0 Å².